The molecule has 134 valence electrons. The van der Waals surface area contributed by atoms with Crippen LogP contribution in [0.5, 0.6) is 0 Å². The number of benzene rings is 1. The first kappa shape index (κ1) is 20.2. The summed E-state index contributed by atoms with van der Waals surface area (Å²) in [5, 5.41) is 4.97. The largest absolute Gasteiger partial charge is 0.368 e. The number of carbonyl (C=O) groups excluding carboxylic acids is 3. The van der Waals surface area contributed by atoms with Gasteiger partial charge in [0.05, 0.1) is 0 Å². The van der Waals surface area contributed by atoms with Crippen molar-refractivity contribution in [1.29, 1.82) is 0 Å². The van der Waals surface area contributed by atoms with Crippen molar-refractivity contribution in [3.05, 3.63) is 35.6 Å². The molecule has 0 heterocycles. The number of hydrogen-bond donors (Lipinski definition) is 3. The van der Waals surface area contributed by atoms with Crippen LogP contribution >= 0.6 is 0 Å². The second-order valence-corrected chi connectivity index (χ2v) is 5.61. The number of hydrogen-bond acceptors (Lipinski definition) is 3. The van der Waals surface area contributed by atoms with E-state index in [9.17, 15) is 18.8 Å². The van der Waals surface area contributed by atoms with Crippen molar-refractivity contribution in [1.82, 2.24) is 10.6 Å². The summed E-state index contributed by atoms with van der Waals surface area (Å²) in [6.07, 6.45) is 6.37. The molecule has 2 atom stereocenters. The Balaban J connectivity index is 2.84. The third-order valence-corrected chi connectivity index (χ3v) is 3.55. The molecular weight excluding hydrogens is 325 g/mol. The van der Waals surface area contributed by atoms with Gasteiger partial charge in [-0.1, -0.05) is 18.2 Å². The molecule has 0 saturated carbocycles. The second kappa shape index (κ2) is 10.1. The van der Waals surface area contributed by atoms with Crippen LogP contribution in [0.15, 0.2) is 24.3 Å². The number of primary amides is 1. The lowest BCUT2D eigenvalue weighted by molar-refractivity contribution is -0.130. The zero-order valence-corrected chi connectivity index (χ0v) is 14.0. The van der Waals surface area contributed by atoms with Crippen LogP contribution in [0.1, 0.15) is 31.7 Å². The van der Waals surface area contributed by atoms with E-state index in [-0.39, 0.29) is 18.4 Å². The molecule has 3 amide bonds. The van der Waals surface area contributed by atoms with Crippen LogP contribution in [-0.2, 0) is 20.8 Å². The molecule has 0 aliphatic carbocycles. The number of nitrogens with one attached hydrogen (secondary N) is 2. The van der Waals surface area contributed by atoms with Crippen LogP contribution in [0.25, 0.3) is 0 Å². The Morgan fingerprint density at radius 1 is 1.24 bits per heavy atom. The number of carbonyl (C=O) groups is 3. The number of terminal acetylenes is 1. The van der Waals surface area contributed by atoms with Crippen molar-refractivity contribution in [2.75, 3.05) is 0 Å². The van der Waals surface area contributed by atoms with Crippen LogP contribution in [0.3, 0.4) is 0 Å². The fourth-order valence-corrected chi connectivity index (χ4v) is 2.30. The second-order valence-electron chi connectivity index (χ2n) is 5.61. The van der Waals surface area contributed by atoms with E-state index in [1.54, 1.807) is 6.07 Å². The smallest absolute Gasteiger partial charge is 0.243 e. The minimum Gasteiger partial charge on any atom is -0.368 e. The third kappa shape index (κ3) is 7.04. The summed E-state index contributed by atoms with van der Waals surface area (Å²) in [5.41, 5.74) is 5.57. The minimum absolute atomic E-state index is 0.0477. The molecule has 6 nitrogen and oxygen atoms in total. The van der Waals surface area contributed by atoms with Gasteiger partial charge in [-0.2, -0.15) is 0 Å². The fourth-order valence-electron chi connectivity index (χ4n) is 2.30. The maximum Gasteiger partial charge on any atom is 0.243 e. The number of halogens is 1. The number of rotatable bonds is 9. The normalized spacial score (nSPS) is 12.5. The van der Waals surface area contributed by atoms with E-state index in [0.717, 1.165) is 0 Å². The zero-order chi connectivity index (χ0) is 18.8. The third-order valence-electron chi connectivity index (χ3n) is 3.55. The first-order valence-corrected chi connectivity index (χ1v) is 7.88. The zero-order valence-electron chi connectivity index (χ0n) is 14.0. The number of nitrogens with two attached hydrogens (primary N) is 1. The summed E-state index contributed by atoms with van der Waals surface area (Å²) < 4.78 is 13.8. The average molecular weight is 347 g/mol. The van der Waals surface area contributed by atoms with Crippen LogP contribution in [-0.4, -0.2) is 29.8 Å². The summed E-state index contributed by atoms with van der Waals surface area (Å²) >= 11 is 0. The fraction of sp³-hybridized carbons (Fsp3) is 0.389. The topological polar surface area (TPSA) is 101 Å². The Morgan fingerprint density at radius 2 is 1.92 bits per heavy atom. The Hall–Kier alpha value is -2.88. The molecule has 7 heteroatoms. The molecule has 0 bridgehead atoms. The van der Waals surface area contributed by atoms with E-state index in [1.807, 2.05) is 0 Å². The van der Waals surface area contributed by atoms with Crippen molar-refractivity contribution in [2.45, 2.75) is 44.7 Å². The lowest BCUT2D eigenvalue weighted by Gasteiger charge is -2.21. The molecule has 0 radical (unpaired) electrons. The number of unbranched alkanes of at least 4 members (excludes halogenated alkanes) is 1. The van der Waals surface area contributed by atoms with E-state index < -0.39 is 35.6 Å². The maximum atomic E-state index is 13.8. The van der Waals surface area contributed by atoms with E-state index >= 15 is 0 Å². The highest BCUT2D eigenvalue weighted by Crippen LogP contribution is 2.10. The van der Waals surface area contributed by atoms with Crippen LogP contribution in [0.4, 0.5) is 4.39 Å². The molecular formula is C18H22FN3O3. The molecule has 0 aliphatic heterocycles. The summed E-state index contributed by atoms with van der Waals surface area (Å²) in [6, 6.07) is 4.02. The van der Waals surface area contributed by atoms with Gasteiger partial charge >= 0.3 is 0 Å². The van der Waals surface area contributed by atoms with Crippen molar-refractivity contribution in [2.24, 2.45) is 5.73 Å². The Morgan fingerprint density at radius 3 is 2.48 bits per heavy atom. The van der Waals surface area contributed by atoms with Crippen LogP contribution in [0, 0.1) is 18.2 Å². The predicted octanol–water partition coefficient (Wildman–Crippen LogP) is 0.647. The molecule has 1 aromatic carbocycles. The van der Waals surface area contributed by atoms with Crippen LogP contribution < -0.4 is 16.4 Å². The Labute approximate surface area is 146 Å². The molecule has 0 aromatic heterocycles. The molecule has 0 saturated heterocycles. The molecule has 0 aliphatic rings. The highest BCUT2D eigenvalue weighted by molar-refractivity contribution is 5.91. The predicted molar refractivity (Wildman–Crippen MR) is 91.5 cm³/mol. The number of amides is 3. The molecule has 1 aromatic rings. The molecule has 0 unspecified atom stereocenters. The molecule has 0 spiro atoms. The average Bonchev–Trinajstić information content (AvgIpc) is 2.54. The first-order chi connectivity index (χ1) is 11.8. The van der Waals surface area contributed by atoms with E-state index in [4.69, 9.17) is 12.2 Å². The van der Waals surface area contributed by atoms with Crippen molar-refractivity contribution >= 4 is 17.7 Å². The summed E-state index contributed by atoms with van der Waals surface area (Å²) in [7, 11) is 0. The highest BCUT2D eigenvalue weighted by Gasteiger charge is 2.25. The SMILES string of the molecule is C#CCCC[C@@H](NC(=O)[C@@H](Cc1ccccc1F)NC(C)=O)C(N)=O. The maximum absolute atomic E-state index is 13.8. The van der Waals surface area contributed by atoms with Gasteiger partial charge in [0.25, 0.3) is 0 Å². The Kier molecular flexibility index (Phi) is 8.13. The van der Waals surface area contributed by atoms with Crippen molar-refractivity contribution < 1.29 is 18.8 Å². The Bertz CT molecular complexity index is 670. The minimum atomic E-state index is -1.02. The monoisotopic (exact) mass is 347 g/mol. The van der Waals surface area contributed by atoms with Gasteiger partial charge in [-0.05, 0) is 24.5 Å². The van der Waals surface area contributed by atoms with Gasteiger partial charge in [-0.25, -0.2) is 4.39 Å². The van der Waals surface area contributed by atoms with Gasteiger partial charge in [0.1, 0.15) is 17.9 Å². The van der Waals surface area contributed by atoms with Gasteiger partial charge in [0.15, 0.2) is 0 Å². The summed E-state index contributed by atoms with van der Waals surface area (Å²) in [6.45, 7) is 1.25. The van der Waals surface area contributed by atoms with Gasteiger partial charge in [0.2, 0.25) is 17.7 Å². The standard InChI is InChI=1S/C18H22FN3O3/c1-3-4-5-10-15(17(20)24)22-18(25)16(21-12(2)23)11-13-8-6-7-9-14(13)19/h1,6-9,15-16H,4-5,10-11H2,2H3,(H2,20,24)(H,21,23)(H,22,25)/t15-,16-/m1/s1. The summed E-state index contributed by atoms with van der Waals surface area (Å²) in [5.74, 6) is 0.209. The molecule has 25 heavy (non-hydrogen) atoms. The van der Waals surface area contributed by atoms with Gasteiger partial charge < -0.3 is 16.4 Å². The first-order valence-electron chi connectivity index (χ1n) is 7.88. The van der Waals surface area contributed by atoms with Crippen molar-refractivity contribution in [3.63, 3.8) is 0 Å². The molecule has 4 N–H and O–H groups in total. The van der Waals surface area contributed by atoms with Crippen molar-refractivity contribution in [3.8, 4) is 12.3 Å². The van der Waals surface area contributed by atoms with Gasteiger partial charge in [-0.3, -0.25) is 14.4 Å². The lowest BCUT2D eigenvalue weighted by atomic mass is 10.0. The van der Waals surface area contributed by atoms with Gasteiger partial charge in [-0.15, -0.1) is 12.3 Å². The molecule has 1 rings (SSSR count). The van der Waals surface area contributed by atoms with E-state index in [0.29, 0.717) is 12.8 Å². The summed E-state index contributed by atoms with van der Waals surface area (Å²) in [4.78, 5) is 35.3. The lowest BCUT2D eigenvalue weighted by Crippen LogP contribution is -2.53. The molecule has 0 fully saturated rings. The van der Waals surface area contributed by atoms with E-state index in [2.05, 4.69) is 16.6 Å². The highest BCUT2D eigenvalue weighted by atomic mass is 19.1. The van der Waals surface area contributed by atoms with E-state index in [1.165, 1.54) is 25.1 Å². The quantitative estimate of drug-likeness (QED) is 0.451. The van der Waals surface area contributed by atoms with Gasteiger partial charge in [0, 0.05) is 19.8 Å². The van der Waals surface area contributed by atoms with Crippen LogP contribution in [0.2, 0.25) is 0 Å².